The van der Waals surface area contributed by atoms with Gasteiger partial charge in [0, 0.05) is 32.0 Å². The molecule has 0 bridgehead atoms. The van der Waals surface area contributed by atoms with Crippen LogP contribution in [0.1, 0.15) is 46.3 Å². The number of carbonyl (C=O) groups excluding carboxylic acids is 2. The van der Waals surface area contributed by atoms with E-state index in [2.05, 4.69) is 0 Å². The molecule has 2 aliphatic rings. The summed E-state index contributed by atoms with van der Waals surface area (Å²) >= 11 is 0. The fraction of sp³-hybridized carbons (Fsp3) is 0.296. The van der Waals surface area contributed by atoms with Crippen LogP contribution < -0.4 is 10.2 Å². The van der Waals surface area contributed by atoms with Crippen LogP contribution in [-0.4, -0.2) is 35.3 Å². The highest BCUT2D eigenvalue weighted by molar-refractivity contribution is 6.00. The molecule has 6 heteroatoms. The maximum Gasteiger partial charge on any atom is 0.246 e. The van der Waals surface area contributed by atoms with Gasteiger partial charge in [-0.25, -0.2) is 0 Å². The first-order valence-corrected chi connectivity index (χ1v) is 11.2. The highest BCUT2D eigenvalue weighted by Crippen LogP contribution is 2.39. The Bertz CT molecular complexity index is 1360. The predicted octanol–water partition coefficient (Wildman–Crippen LogP) is 4.45. The first-order valence-electron chi connectivity index (χ1n) is 11.2. The molecule has 33 heavy (non-hydrogen) atoms. The first kappa shape index (κ1) is 21.2. The Kier molecular flexibility index (Phi) is 5.16. The molecule has 1 aromatic heterocycles. The third-order valence-corrected chi connectivity index (χ3v) is 6.59. The van der Waals surface area contributed by atoms with Crippen LogP contribution in [0.4, 0.5) is 0 Å². The van der Waals surface area contributed by atoms with E-state index in [1.165, 1.54) is 18.4 Å². The van der Waals surface area contributed by atoms with Gasteiger partial charge in [-0.2, -0.15) is 0 Å². The molecule has 0 radical (unpaired) electrons. The quantitative estimate of drug-likeness (QED) is 0.547. The Morgan fingerprint density at radius 2 is 1.76 bits per heavy atom. The molecular formula is C27H25NO5. The second kappa shape index (κ2) is 8.03. The van der Waals surface area contributed by atoms with Crippen molar-refractivity contribution in [3.63, 3.8) is 0 Å². The van der Waals surface area contributed by atoms with Gasteiger partial charge in [0.15, 0.2) is 11.2 Å². The number of hydrogen-bond acceptors (Lipinski definition) is 5. The van der Waals surface area contributed by atoms with Gasteiger partial charge >= 0.3 is 0 Å². The predicted molar refractivity (Wildman–Crippen MR) is 126 cm³/mol. The van der Waals surface area contributed by atoms with Gasteiger partial charge in [-0.05, 0) is 44.2 Å². The average Bonchev–Trinajstić information content (AvgIpc) is 2.80. The third-order valence-electron chi connectivity index (χ3n) is 6.59. The van der Waals surface area contributed by atoms with E-state index in [4.69, 9.17) is 9.15 Å². The number of rotatable bonds is 2. The van der Waals surface area contributed by atoms with Crippen LogP contribution in [0.3, 0.4) is 0 Å². The summed E-state index contributed by atoms with van der Waals surface area (Å²) < 4.78 is 11.8. The van der Waals surface area contributed by atoms with Crippen molar-refractivity contribution in [3.05, 3.63) is 81.2 Å². The number of likely N-dealkylation sites (tertiary alicyclic amines) is 1. The maximum atomic E-state index is 12.8. The molecule has 0 aliphatic carbocycles. The van der Waals surface area contributed by atoms with Gasteiger partial charge < -0.3 is 14.1 Å². The molecule has 1 saturated heterocycles. The van der Waals surface area contributed by atoms with Gasteiger partial charge in [-0.15, -0.1) is 0 Å². The zero-order chi connectivity index (χ0) is 23.2. The van der Waals surface area contributed by atoms with Gasteiger partial charge in [-0.3, -0.25) is 14.4 Å². The average molecular weight is 443 g/mol. The fourth-order valence-corrected chi connectivity index (χ4v) is 4.66. The zero-order valence-corrected chi connectivity index (χ0v) is 18.7. The molecule has 2 aromatic carbocycles. The first-order chi connectivity index (χ1) is 15.8. The second-order valence-electron chi connectivity index (χ2n) is 9.06. The second-order valence-corrected chi connectivity index (χ2v) is 9.06. The molecule has 0 atom stereocenters. The molecule has 3 aromatic rings. The van der Waals surface area contributed by atoms with Crippen molar-refractivity contribution in [3.8, 4) is 5.75 Å². The summed E-state index contributed by atoms with van der Waals surface area (Å²) in [5.74, 6) is 0.555. The van der Waals surface area contributed by atoms with Crippen LogP contribution in [0.5, 0.6) is 5.75 Å². The number of carbonyl (C=O) groups is 2. The van der Waals surface area contributed by atoms with E-state index >= 15 is 0 Å². The third kappa shape index (κ3) is 3.97. The van der Waals surface area contributed by atoms with Crippen molar-refractivity contribution in [2.75, 3.05) is 13.1 Å². The van der Waals surface area contributed by atoms with Crippen LogP contribution in [0.25, 0.3) is 17.0 Å². The largest absolute Gasteiger partial charge is 0.486 e. The van der Waals surface area contributed by atoms with E-state index < -0.39 is 5.60 Å². The number of nitrogens with zero attached hydrogens (tertiary/aromatic N) is 1. The summed E-state index contributed by atoms with van der Waals surface area (Å²) in [6.07, 6.45) is 5.82. The number of fused-ring (bicyclic) bond motifs is 2. The van der Waals surface area contributed by atoms with Gasteiger partial charge in [0.1, 0.15) is 23.2 Å². The van der Waals surface area contributed by atoms with E-state index in [1.807, 2.05) is 38.1 Å². The Hall–Kier alpha value is -3.67. The summed E-state index contributed by atoms with van der Waals surface area (Å²) in [6.45, 7) is 4.85. The summed E-state index contributed by atoms with van der Waals surface area (Å²) in [5, 5.41) is 0.499. The van der Waals surface area contributed by atoms with Crippen LogP contribution in [-0.2, 0) is 4.79 Å². The van der Waals surface area contributed by atoms with E-state index in [9.17, 15) is 14.4 Å². The van der Waals surface area contributed by atoms with Gasteiger partial charge in [0.05, 0.1) is 22.9 Å². The Balaban J connectivity index is 1.28. The van der Waals surface area contributed by atoms with Gasteiger partial charge in [0.25, 0.3) is 0 Å². The van der Waals surface area contributed by atoms with Crippen LogP contribution >= 0.6 is 0 Å². The zero-order valence-electron chi connectivity index (χ0n) is 18.7. The standard InChI is InChI=1S/C27H25NO5/c1-17-4-7-24-20(13-17)22(29)15-27(33-24)9-11-28(12-10-27)25(30)8-5-19-16-32-23-6-3-18(2)14-21(23)26(19)31/h3-8,13-14,16H,9-12,15H2,1-2H3/b8-5+. The lowest BCUT2D eigenvalue weighted by Crippen LogP contribution is -2.52. The van der Waals surface area contributed by atoms with E-state index in [0.29, 0.717) is 60.2 Å². The molecule has 3 heterocycles. The number of Topliss-reactive ketones (excluding diaryl/α,β-unsaturated/α-hetero) is 1. The number of amides is 1. The number of ketones is 1. The van der Waals surface area contributed by atoms with Crippen molar-refractivity contribution in [1.29, 1.82) is 0 Å². The SMILES string of the molecule is Cc1ccc2c(c1)C(=O)CC1(CCN(C(=O)/C=C/c3coc4ccc(C)cc4c3=O)CC1)O2. The highest BCUT2D eigenvalue weighted by Gasteiger charge is 2.43. The maximum absolute atomic E-state index is 12.8. The van der Waals surface area contributed by atoms with E-state index in [0.717, 1.165) is 11.1 Å². The van der Waals surface area contributed by atoms with Crippen molar-refractivity contribution in [1.82, 2.24) is 4.90 Å². The molecule has 0 N–H and O–H groups in total. The van der Waals surface area contributed by atoms with E-state index in [-0.39, 0.29) is 17.1 Å². The summed E-state index contributed by atoms with van der Waals surface area (Å²) in [4.78, 5) is 40.0. The van der Waals surface area contributed by atoms with Gasteiger partial charge in [-0.1, -0.05) is 23.3 Å². The molecule has 5 rings (SSSR count). The summed E-state index contributed by atoms with van der Waals surface area (Å²) in [5.41, 5.74) is 2.78. The molecule has 2 aliphatic heterocycles. The highest BCUT2D eigenvalue weighted by atomic mass is 16.5. The number of aryl methyl sites for hydroxylation is 2. The lowest BCUT2D eigenvalue weighted by molar-refractivity contribution is -0.129. The lowest BCUT2D eigenvalue weighted by Gasteiger charge is -2.43. The number of piperidine rings is 1. The van der Waals surface area contributed by atoms with Crippen LogP contribution in [0.15, 0.2) is 57.9 Å². The fourth-order valence-electron chi connectivity index (χ4n) is 4.66. The number of hydrogen-bond donors (Lipinski definition) is 0. The summed E-state index contributed by atoms with van der Waals surface area (Å²) in [7, 11) is 0. The molecule has 0 unspecified atom stereocenters. The Labute approximate surface area is 191 Å². The molecular weight excluding hydrogens is 418 g/mol. The topological polar surface area (TPSA) is 76.8 Å². The minimum absolute atomic E-state index is 0.0953. The Morgan fingerprint density at radius 1 is 1.03 bits per heavy atom. The Morgan fingerprint density at radius 3 is 2.55 bits per heavy atom. The van der Waals surface area contributed by atoms with Crippen molar-refractivity contribution in [2.45, 2.75) is 38.7 Å². The molecule has 0 saturated carbocycles. The molecule has 168 valence electrons. The smallest absolute Gasteiger partial charge is 0.246 e. The minimum atomic E-state index is -0.558. The van der Waals surface area contributed by atoms with Crippen molar-refractivity contribution < 1.29 is 18.7 Å². The molecule has 1 fully saturated rings. The number of ether oxygens (including phenoxy) is 1. The minimum Gasteiger partial charge on any atom is -0.486 e. The molecule has 1 amide bonds. The van der Waals surface area contributed by atoms with Crippen LogP contribution in [0, 0.1) is 13.8 Å². The molecule has 6 nitrogen and oxygen atoms in total. The normalized spacial score (nSPS) is 17.4. The van der Waals surface area contributed by atoms with E-state index in [1.54, 1.807) is 17.0 Å². The lowest BCUT2D eigenvalue weighted by atomic mass is 9.82. The van der Waals surface area contributed by atoms with Crippen molar-refractivity contribution in [2.24, 2.45) is 0 Å². The summed E-state index contributed by atoms with van der Waals surface area (Å²) in [6, 6.07) is 11.1. The van der Waals surface area contributed by atoms with Crippen LogP contribution in [0.2, 0.25) is 0 Å². The number of benzene rings is 2. The monoisotopic (exact) mass is 443 g/mol. The molecule has 1 spiro atoms. The van der Waals surface area contributed by atoms with Crippen molar-refractivity contribution >= 4 is 28.7 Å². The van der Waals surface area contributed by atoms with Gasteiger partial charge in [0.2, 0.25) is 5.91 Å².